The molecule has 0 radical (unpaired) electrons. The van der Waals surface area contributed by atoms with Crippen molar-refractivity contribution < 1.29 is 23.1 Å². The van der Waals surface area contributed by atoms with Gasteiger partial charge in [0.15, 0.2) is 5.82 Å². The first-order valence-electron chi connectivity index (χ1n) is 11.3. The second-order valence-corrected chi connectivity index (χ2v) is 9.25. The minimum atomic E-state index is -0.848. The molecule has 34 heavy (non-hydrogen) atoms. The number of fused-ring (bicyclic) bond motifs is 5. The maximum absolute atomic E-state index is 14.8. The van der Waals surface area contributed by atoms with Gasteiger partial charge >= 0.3 is 5.97 Å². The minimum Gasteiger partial charge on any atom is -0.481 e. The molecule has 2 atom stereocenters. The summed E-state index contributed by atoms with van der Waals surface area (Å²) >= 11 is 0. The average Bonchev–Trinajstić information content (AvgIpc) is 3.24. The van der Waals surface area contributed by atoms with Gasteiger partial charge in [-0.05, 0) is 55.7 Å². The van der Waals surface area contributed by atoms with Gasteiger partial charge in [0.25, 0.3) is 0 Å². The number of para-hydroxylation sites is 1. The summed E-state index contributed by atoms with van der Waals surface area (Å²) < 4.78 is 43.0. The molecule has 2 aromatic heterocycles. The number of nitrogens with zero attached hydrogens (tertiary/aromatic N) is 2. The van der Waals surface area contributed by atoms with Crippen molar-refractivity contribution in [1.29, 1.82) is 0 Å². The molecule has 0 aliphatic heterocycles. The van der Waals surface area contributed by atoms with Crippen molar-refractivity contribution in [3.8, 4) is 11.4 Å². The fraction of sp³-hybridized carbons (Fsp3) is 0.320. The topological polar surface area (TPSA) is 90.9 Å². The second-order valence-electron chi connectivity index (χ2n) is 9.25. The van der Waals surface area contributed by atoms with Crippen LogP contribution < -0.4 is 5.32 Å². The number of aromatic amines is 1. The van der Waals surface area contributed by atoms with Gasteiger partial charge in [0.1, 0.15) is 28.8 Å². The smallest absolute Gasteiger partial charge is 0.308 e. The fourth-order valence-electron chi connectivity index (χ4n) is 5.86. The van der Waals surface area contributed by atoms with Crippen LogP contribution in [0.15, 0.2) is 36.5 Å². The van der Waals surface area contributed by atoms with Crippen LogP contribution >= 0.6 is 0 Å². The Kier molecular flexibility index (Phi) is 4.75. The number of carbonyl (C=O) groups is 1. The van der Waals surface area contributed by atoms with Crippen LogP contribution in [0.2, 0.25) is 0 Å². The predicted octanol–water partition coefficient (Wildman–Crippen LogP) is 5.50. The lowest BCUT2D eigenvalue weighted by atomic mass is 9.61. The molecule has 0 spiro atoms. The molecule has 3 N–H and O–H groups in total. The normalized spacial score (nSPS) is 24.1. The van der Waals surface area contributed by atoms with E-state index >= 15 is 0 Å². The van der Waals surface area contributed by atoms with E-state index in [1.807, 2.05) is 0 Å². The van der Waals surface area contributed by atoms with Gasteiger partial charge in [-0.25, -0.2) is 23.1 Å². The highest BCUT2D eigenvalue weighted by Gasteiger charge is 2.47. The Labute approximate surface area is 192 Å². The van der Waals surface area contributed by atoms with Crippen molar-refractivity contribution in [2.24, 2.45) is 17.8 Å². The standard InChI is InChI=1S/C25H21F3N4O2/c26-13-8-15-16(10-29-21(15)18(28)9-13)24-31-22-14(2-1-3-17(22)27)23(32-24)30-20-12-6-4-11(5-7-12)19(20)25(33)34/h1-3,8-12,19-20,29H,4-7H2,(H,33,34)(H,30,31,32)/t11?,12?,19-,20?/m1/s1. The molecular formula is C25H21F3N4O2. The van der Waals surface area contributed by atoms with E-state index in [-0.39, 0.29) is 40.1 Å². The van der Waals surface area contributed by atoms with Crippen molar-refractivity contribution >= 4 is 33.6 Å². The van der Waals surface area contributed by atoms with E-state index in [4.69, 9.17) is 0 Å². The molecule has 2 heterocycles. The minimum absolute atomic E-state index is 0.0501. The highest BCUT2D eigenvalue weighted by atomic mass is 19.1. The third-order valence-electron chi connectivity index (χ3n) is 7.43. The van der Waals surface area contributed by atoms with Crippen LogP contribution in [0.1, 0.15) is 25.7 Å². The molecular weight excluding hydrogens is 445 g/mol. The molecule has 1 unspecified atom stereocenters. The van der Waals surface area contributed by atoms with Gasteiger partial charge in [-0.2, -0.15) is 0 Å². The van der Waals surface area contributed by atoms with E-state index in [0.717, 1.165) is 31.7 Å². The van der Waals surface area contributed by atoms with E-state index in [1.54, 1.807) is 12.1 Å². The van der Waals surface area contributed by atoms with Crippen molar-refractivity contribution in [2.75, 3.05) is 5.32 Å². The molecule has 7 rings (SSSR count). The number of nitrogens with one attached hydrogen (secondary N) is 2. The molecule has 2 bridgehead atoms. The van der Waals surface area contributed by atoms with Gasteiger partial charge in [0, 0.05) is 34.6 Å². The van der Waals surface area contributed by atoms with E-state index in [9.17, 15) is 23.1 Å². The molecule has 4 aromatic rings. The van der Waals surface area contributed by atoms with Crippen LogP contribution in [0.5, 0.6) is 0 Å². The molecule has 3 aliphatic rings. The van der Waals surface area contributed by atoms with Gasteiger partial charge in [-0.1, -0.05) is 6.07 Å². The van der Waals surface area contributed by atoms with Crippen LogP contribution in [0.25, 0.3) is 33.2 Å². The van der Waals surface area contributed by atoms with Gasteiger partial charge in [0.2, 0.25) is 0 Å². The molecule has 3 saturated carbocycles. The van der Waals surface area contributed by atoms with Crippen molar-refractivity contribution in [1.82, 2.24) is 15.0 Å². The maximum Gasteiger partial charge on any atom is 0.308 e. The number of hydrogen-bond donors (Lipinski definition) is 3. The Balaban J connectivity index is 1.52. The quantitative estimate of drug-likeness (QED) is 0.370. The second kappa shape index (κ2) is 7.72. The first-order valence-corrected chi connectivity index (χ1v) is 11.3. The Morgan fingerprint density at radius 1 is 1.00 bits per heavy atom. The highest BCUT2D eigenvalue weighted by molar-refractivity contribution is 5.97. The van der Waals surface area contributed by atoms with Gasteiger partial charge in [-0.3, -0.25) is 4.79 Å². The molecule has 2 aromatic carbocycles. The van der Waals surface area contributed by atoms with Crippen molar-refractivity contribution in [3.63, 3.8) is 0 Å². The first-order chi connectivity index (χ1) is 16.4. The van der Waals surface area contributed by atoms with Gasteiger partial charge < -0.3 is 15.4 Å². The van der Waals surface area contributed by atoms with Gasteiger partial charge in [-0.15, -0.1) is 0 Å². The zero-order valence-corrected chi connectivity index (χ0v) is 18.0. The highest BCUT2D eigenvalue weighted by Crippen LogP contribution is 2.46. The Bertz CT molecular complexity index is 1450. The molecule has 0 amide bonds. The molecule has 3 fully saturated rings. The zero-order valence-electron chi connectivity index (χ0n) is 18.0. The summed E-state index contributed by atoms with van der Waals surface area (Å²) in [5, 5.41) is 13.9. The number of halogens is 3. The average molecular weight is 466 g/mol. The number of anilines is 1. The number of rotatable bonds is 4. The summed E-state index contributed by atoms with van der Waals surface area (Å²) in [5.41, 5.74) is 0.467. The summed E-state index contributed by atoms with van der Waals surface area (Å²) in [4.78, 5) is 23.9. The zero-order chi connectivity index (χ0) is 23.6. The number of aliphatic carboxylic acids is 1. The van der Waals surface area contributed by atoms with E-state index in [0.29, 0.717) is 16.8 Å². The van der Waals surface area contributed by atoms with Crippen LogP contribution in [-0.4, -0.2) is 32.1 Å². The molecule has 6 nitrogen and oxygen atoms in total. The third-order valence-corrected chi connectivity index (χ3v) is 7.43. The predicted molar refractivity (Wildman–Crippen MR) is 121 cm³/mol. The van der Waals surface area contributed by atoms with Crippen LogP contribution in [0.4, 0.5) is 19.0 Å². The van der Waals surface area contributed by atoms with E-state index in [2.05, 4.69) is 20.3 Å². The van der Waals surface area contributed by atoms with E-state index in [1.165, 1.54) is 18.3 Å². The lowest BCUT2D eigenvalue weighted by molar-refractivity contribution is -0.148. The third kappa shape index (κ3) is 3.21. The molecule has 174 valence electrons. The Hall–Kier alpha value is -3.62. The number of hydrogen-bond acceptors (Lipinski definition) is 4. The Morgan fingerprint density at radius 2 is 1.76 bits per heavy atom. The summed E-state index contributed by atoms with van der Waals surface area (Å²) in [7, 11) is 0. The summed E-state index contributed by atoms with van der Waals surface area (Å²) in [6.07, 6.45) is 5.09. The van der Waals surface area contributed by atoms with Crippen LogP contribution in [-0.2, 0) is 4.79 Å². The van der Waals surface area contributed by atoms with Crippen LogP contribution in [0.3, 0.4) is 0 Å². The largest absolute Gasteiger partial charge is 0.481 e. The molecule has 3 aliphatic carbocycles. The number of aromatic nitrogens is 3. The van der Waals surface area contributed by atoms with Crippen LogP contribution in [0, 0.1) is 35.2 Å². The Morgan fingerprint density at radius 3 is 2.53 bits per heavy atom. The fourth-order valence-corrected chi connectivity index (χ4v) is 5.86. The first kappa shape index (κ1) is 20.9. The molecule has 0 saturated heterocycles. The number of carboxylic acid groups (broad SMARTS) is 1. The molecule has 9 heteroatoms. The number of benzene rings is 2. The lowest BCUT2D eigenvalue weighted by Gasteiger charge is -2.47. The monoisotopic (exact) mass is 466 g/mol. The van der Waals surface area contributed by atoms with Gasteiger partial charge in [0.05, 0.1) is 11.4 Å². The van der Waals surface area contributed by atoms with Crippen molar-refractivity contribution in [3.05, 3.63) is 54.0 Å². The number of carboxylic acids is 1. The lowest BCUT2D eigenvalue weighted by Crippen LogP contribution is -2.51. The number of H-pyrrole nitrogens is 1. The maximum atomic E-state index is 14.8. The summed E-state index contributed by atoms with van der Waals surface area (Å²) in [6, 6.07) is 6.10. The summed E-state index contributed by atoms with van der Waals surface area (Å²) in [5.74, 6) is -2.83. The van der Waals surface area contributed by atoms with Crippen molar-refractivity contribution in [2.45, 2.75) is 31.7 Å². The summed E-state index contributed by atoms with van der Waals surface area (Å²) in [6.45, 7) is 0. The SMILES string of the molecule is O=C(O)[C@@H]1C2CCC(CC2)C1Nc1nc(-c2c[nH]c3c(F)cc(F)cc23)nc2c(F)cccc12. The van der Waals surface area contributed by atoms with E-state index < -0.39 is 29.3 Å².